The third-order valence-electron chi connectivity index (χ3n) is 6.36. The molecule has 0 radical (unpaired) electrons. The van der Waals surface area contributed by atoms with Crippen molar-refractivity contribution in [3.05, 3.63) is 109 Å². The maximum atomic E-state index is 6.24. The van der Waals surface area contributed by atoms with Crippen LogP contribution in [0, 0.1) is 5.92 Å². The highest BCUT2D eigenvalue weighted by molar-refractivity contribution is 5.36. The molecule has 1 fully saturated rings. The Morgan fingerprint density at radius 2 is 1.89 bits per heavy atom. The molecule has 1 aromatic rings. The van der Waals surface area contributed by atoms with Crippen molar-refractivity contribution in [2.75, 3.05) is 19.6 Å². The van der Waals surface area contributed by atoms with Gasteiger partial charge in [0.25, 0.3) is 0 Å². The second-order valence-corrected chi connectivity index (χ2v) is 9.39. The Morgan fingerprint density at radius 3 is 2.63 bits per heavy atom. The van der Waals surface area contributed by atoms with Crippen molar-refractivity contribution in [1.82, 2.24) is 25.4 Å². The Labute approximate surface area is 211 Å². The molecule has 6 nitrogen and oxygen atoms in total. The van der Waals surface area contributed by atoms with E-state index >= 15 is 0 Å². The number of hydrogen-bond acceptors (Lipinski definition) is 5. The summed E-state index contributed by atoms with van der Waals surface area (Å²) in [4.78, 5) is 2.10. The minimum absolute atomic E-state index is 0.629. The molecule has 0 aromatic carbocycles. The molecule has 2 aliphatic rings. The lowest BCUT2D eigenvalue weighted by atomic mass is 9.89. The second-order valence-electron chi connectivity index (χ2n) is 9.39. The first-order valence-electron chi connectivity index (χ1n) is 12.7. The lowest BCUT2D eigenvalue weighted by Gasteiger charge is -2.24. The monoisotopic (exact) mass is 474 g/mol. The van der Waals surface area contributed by atoms with Crippen molar-refractivity contribution in [3.63, 3.8) is 0 Å². The number of rotatable bonds is 13. The summed E-state index contributed by atoms with van der Waals surface area (Å²) >= 11 is 0. The highest BCUT2D eigenvalue weighted by Crippen LogP contribution is 2.23. The van der Waals surface area contributed by atoms with Gasteiger partial charge in [-0.25, -0.2) is 0 Å². The standard InChI is InChI=1S/C29H42N6/c1-4-28(19-33-23-34-14-8-9-15-34)29(30)20-31-16-24(2)21-35-22-27(13-12-25(35)3)18-32-17-26-10-6-5-7-11-26/h4,8-9,12-15,19-22,26,31-33H,1,3,5-7,10-11,16-18,23,30H2,2H3/b24-21+,28-19+,29-20-. The van der Waals surface area contributed by atoms with Gasteiger partial charge in [0.15, 0.2) is 0 Å². The largest absolute Gasteiger partial charge is 0.397 e. The van der Waals surface area contributed by atoms with Gasteiger partial charge < -0.3 is 31.2 Å². The molecule has 0 atom stereocenters. The molecule has 1 aliphatic heterocycles. The van der Waals surface area contributed by atoms with E-state index in [0.29, 0.717) is 18.9 Å². The molecule has 3 rings (SSSR count). The predicted octanol–water partition coefficient (Wildman–Crippen LogP) is 4.84. The number of nitrogens with one attached hydrogen (secondary N) is 3. The van der Waals surface area contributed by atoms with Gasteiger partial charge in [-0.2, -0.15) is 0 Å². The van der Waals surface area contributed by atoms with Crippen LogP contribution >= 0.6 is 0 Å². The molecule has 6 heteroatoms. The fraction of sp³-hybridized carbons (Fsp3) is 0.379. The Balaban J connectivity index is 1.46. The van der Waals surface area contributed by atoms with E-state index < -0.39 is 0 Å². The average Bonchev–Trinajstić information content (AvgIpc) is 3.38. The van der Waals surface area contributed by atoms with Gasteiger partial charge in [-0.15, -0.1) is 0 Å². The van der Waals surface area contributed by atoms with E-state index in [1.165, 1.54) is 43.3 Å². The third kappa shape index (κ3) is 9.06. The van der Waals surface area contributed by atoms with Gasteiger partial charge in [-0.1, -0.05) is 44.6 Å². The summed E-state index contributed by atoms with van der Waals surface area (Å²) in [6, 6.07) is 3.99. The lowest BCUT2D eigenvalue weighted by molar-refractivity contribution is 0.346. The summed E-state index contributed by atoms with van der Waals surface area (Å²) in [6.07, 6.45) is 24.9. The summed E-state index contributed by atoms with van der Waals surface area (Å²) < 4.78 is 2.04. The summed E-state index contributed by atoms with van der Waals surface area (Å²) in [7, 11) is 0. The number of allylic oxidation sites excluding steroid dienone is 2. The quantitative estimate of drug-likeness (QED) is 0.308. The average molecular weight is 475 g/mol. The normalized spacial score (nSPS) is 18.0. The maximum absolute atomic E-state index is 6.24. The molecular weight excluding hydrogens is 432 g/mol. The molecule has 1 aromatic heterocycles. The minimum Gasteiger partial charge on any atom is -0.397 e. The molecule has 0 saturated heterocycles. The fourth-order valence-electron chi connectivity index (χ4n) is 4.32. The van der Waals surface area contributed by atoms with Crippen LogP contribution in [0.1, 0.15) is 39.0 Å². The topological polar surface area (TPSA) is 70.3 Å². The van der Waals surface area contributed by atoms with Crippen molar-refractivity contribution in [2.24, 2.45) is 11.7 Å². The Hall–Kier alpha value is -3.38. The molecule has 0 amide bonds. The van der Waals surface area contributed by atoms with Crippen LogP contribution < -0.4 is 21.7 Å². The van der Waals surface area contributed by atoms with Crippen LogP contribution in [0.15, 0.2) is 109 Å². The fourth-order valence-corrected chi connectivity index (χ4v) is 4.32. The highest BCUT2D eigenvalue weighted by atomic mass is 15.1. The smallest absolute Gasteiger partial charge is 0.0909 e. The number of nitrogens with two attached hydrogens (primary N) is 1. The van der Waals surface area contributed by atoms with Crippen molar-refractivity contribution < 1.29 is 0 Å². The highest BCUT2D eigenvalue weighted by Gasteiger charge is 2.13. The van der Waals surface area contributed by atoms with Crippen molar-refractivity contribution >= 4 is 0 Å². The molecule has 0 bridgehead atoms. The summed E-state index contributed by atoms with van der Waals surface area (Å²) in [5, 5.41) is 10.2. The first-order valence-corrected chi connectivity index (χ1v) is 12.7. The van der Waals surface area contributed by atoms with Crippen LogP contribution in [0.25, 0.3) is 0 Å². The number of hydrogen-bond donors (Lipinski definition) is 4. The van der Waals surface area contributed by atoms with Gasteiger partial charge in [-0.3, -0.25) is 0 Å². The molecule has 0 unspecified atom stereocenters. The van der Waals surface area contributed by atoms with Crippen LogP contribution in [-0.2, 0) is 6.67 Å². The van der Waals surface area contributed by atoms with E-state index in [1.54, 1.807) is 6.08 Å². The van der Waals surface area contributed by atoms with Crippen molar-refractivity contribution in [3.8, 4) is 0 Å². The first-order chi connectivity index (χ1) is 17.0. The van der Waals surface area contributed by atoms with Crippen LogP contribution in [0.3, 0.4) is 0 Å². The van der Waals surface area contributed by atoms with Crippen LogP contribution in [0.5, 0.6) is 0 Å². The molecule has 5 N–H and O–H groups in total. The van der Waals surface area contributed by atoms with Gasteiger partial charge in [0, 0.05) is 61.6 Å². The summed E-state index contributed by atoms with van der Waals surface area (Å²) in [5.41, 5.74) is 11.1. The molecule has 35 heavy (non-hydrogen) atoms. The zero-order valence-electron chi connectivity index (χ0n) is 21.2. The van der Waals surface area contributed by atoms with E-state index in [2.05, 4.69) is 65.5 Å². The molecule has 1 saturated carbocycles. The Kier molecular flexibility index (Phi) is 10.6. The van der Waals surface area contributed by atoms with Crippen LogP contribution in [0.2, 0.25) is 0 Å². The van der Waals surface area contributed by atoms with Gasteiger partial charge in [0.1, 0.15) is 0 Å². The molecule has 2 heterocycles. The Bertz CT molecular complexity index is 971. The zero-order chi connectivity index (χ0) is 24.9. The predicted molar refractivity (Wildman–Crippen MR) is 148 cm³/mol. The summed E-state index contributed by atoms with van der Waals surface area (Å²) in [5.74, 6) is 0.836. The Morgan fingerprint density at radius 1 is 1.11 bits per heavy atom. The molecular formula is C29H42N6. The van der Waals surface area contributed by atoms with Crippen LogP contribution in [-0.4, -0.2) is 29.1 Å². The number of nitrogens with zero attached hydrogens (tertiary/aromatic N) is 2. The molecule has 0 spiro atoms. The van der Waals surface area contributed by atoms with Crippen LogP contribution in [0.4, 0.5) is 0 Å². The van der Waals surface area contributed by atoms with E-state index in [-0.39, 0.29) is 0 Å². The second kappa shape index (κ2) is 14.1. The van der Waals surface area contributed by atoms with E-state index in [0.717, 1.165) is 30.3 Å². The zero-order valence-corrected chi connectivity index (χ0v) is 21.2. The SMILES string of the molecule is C=CC(=C\NCn1cccc1)/C(N)=C/NC/C(C)=C/N1C=C(CNCC2CCCCC2)C=CC1=C. The van der Waals surface area contributed by atoms with Gasteiger partial charge in [0.2, 0.25) is 0 Å². The van der Waals surface area contributed by atoms with E-state index in [4.69, 9.17) is 5.73 Å². The van der Waals surface area contributed by atoms with Gasteiger partial charge in [-0.05, 0) is 61.6 Å². The lowest BCUT2D eigenvalue weighted by Crippen LogP contribution is -2.27. The van der Waals surface area contributed by atoms with Gasteiger partial charge >= 0.3 is 0 Å². The molecule has 1 aliphatic carbocycles. The van der Waals surface area contributed by atoms with E-state index in [9.17, 15) is 0 Å². The first kappa shape index (κ1) is 26.2. The minimum atomic E-state index is 0.629. The summed E-state index contributed by atoms with van der Waals surface area (Å²) in [6.45, 7) is 13.5. The van der Waals surface area contributed by atoms with Gasteiger partial charge in [0.05, 0.1) is 12.4 Å². The van der Waals surface area contributed by atoms with Crippen molar-refractivity contribution in [1.29, 1.82) is 0 Å². The van der Waals surface area contributed by atoms with Crippen molar-refractivity contribution in [2.45, 2.75) is 45.7 Å². The maximum Gasteiger partial charge on any atom is 0.0909 e. The third-order valence-corrected chi connectivity index (χ3v) is 6.36. The molecule has 188 valence electrons. The van der Waals surface area contributed by atoms with E-state index in [1.807, 2.05) is 41.5 Å². The number of aromatic nitrogens is 1.